The summed E-state index contributed by atoms with van der Waals surface area (Å²) in [5.41, 5.74) is 3.27. The van der Waals surface area contributed by atoms with Gasteiger partial charge in [-0.3, -0.25) is 0 Å². The summed E-state index contributed by atoms with van der Waals surface area (Å²) >= 11 is 0. The molecular weight excluding hydrogens is 311 g/mol. The highest BCUT2D eigenvalue weighted by atomic mass is 28.3. The van der Waals surface area contributed by atoms with Gasteiger partial charge >= 0.3 is 7.12 Å². The number of hydrogen-bond acceptors (Lipinski definition) is 2. The molecular formula is C20H25BO2Si. The van der Waals surface area contributed by atoms with Gasteiger partial charge in [-0.1, -0.05) is 55.6 Å². The molecule has 4 rings (SSSR count). The minimum atomic E-state index is -1.65. The molecule has 0 saturated carbocycles. The summed E-state index contributed by atoms with van der Waals surface area (Å²) in [7, 11) is -1.95. The molecule has 0 bridgehead atoms. The van der Waals surface area contributed by atoms with Gasteiger partial charge in [-0.05, 0) is 54.7 Å². The van der Waals surface area contributed by atoms with Gasteiger partial charge in [-0.15, -0.1) is 0 Å². The van der Waals surface area contributed by atoms with Crippen LogP contribution < -0.4 is 15.8 Å². The summed E-state index contributed by atoms with van der Waals surface area (Å²) in [4.78, 5) is 0. The van der Waals surface area contributed by atoms with Crippen molar-refractivity contribution < 1.29 is 9.31 Å². The van der Waals surface area contributed by atoms with Crippen LogP contribution in [0.25, 0.3) is 11.1 Å². The zero-order valence-electron chi connectivity index (χ0n) is 15.4. The maximum atomic E-state index is 6.35. The van der Waals surface area contributed by atoms with E-state index in [0.29, 0.717) is 0 Å². The minimum absolute atomic E-state index is 0.305. The van der Waals surface area contributed by atoms with Crippen molar-refractivity contribution in [1.29, 1.82) is 0 Å². The summed E-state index contributed by atoms with van der Waals surface area (Å²) in [6.07, 6.45) is 0. The van der Waals surface area contributed by atoms with E-state index in [1.807, 2.05) is 0 Å². The molecule has 0 atom stereocenters. The van der Waals surface area contributed by atoms with Crippen LogP contribution in [0, 0.1) is 0 Å². The van der Waals surface area contributed by atoms with Crippen molar-refractivity contribution in [2.24, 2.45) is 0 Å². The first-order chi connectivity index (χ1) is 11.2. The van der Waals surface area contributed by atoms with E-state index < -0.39 is 8.07 Å². The van der Waals surface area contributed by atoms with Gasteiger partial charge in [0.25, 0.3) is 0 Å². The van der Waals surface area contributed by atoms with Crippen LogP contribution in [0.4, 0.5) is 0 Å². The molecule has 2 nitrogen and oxygen atoms in total. The molecule has 124 valence electrons. The number of fused-ring (bicyclic) bond motifs is 3. The van der Waals surface area contributed by atoms with Gasteiger partial charge < -0.3 is 9.31 Å². The van der Waals surface area contributed by atoms with Crippen LogP contribution >= 0.6 is 0 Å². The monoisotopic (exact) mass is 336 g/mol. The van der Waals surface area contributed by atoms with Crippen LogP contribution in [0.5, 0.6) is 0 Å². The fourth-order valence-electron chi connectivity index (χ4n) is 3.95. The van der Waals surface area contributed by atoms with Gasteiger partial charge in [0.1, 0.15) is 8.07 Å². The molecule has 0 N–H and O–H groups in total. The van der Waals surface area contributed by atoms with E-state index in [-0.39, 0.29) is 18.3 Å². The van der Waals surface area contributed by atoms with Crippen molar-refractivity contribution in [2.75, 3.05) is 0 Å². The van der Waals surface area contributed by atoms with Crippen molar-refractivity contribution >= 4 is 31.0 Å². The maximum Gasteiger partial charge on any atom is 0.495 e. The number of hydrogen-bond donors (Lipinski definition) is 0. The summed E-state index contributed by atoms with van der Waals surface area (Å²) in [5, 5.41) is 3.01. The molecule has 2 heterocycles. The van der Waals surface area contributed by atoms with E-state index in [4.69, 9.17) is 9.31 Å². The molecule has 4 heteroatoms. The lowest BCUT2D eigenvalue weighted by Gasteiger charge is -2.32. The molecule has 2 aliphatic heterocycles. The van der Waals surface area contributed by atoms with Crippen LogP contribution in [-0.4, -0.2) is 26.4 Å². The highest BCUT2D eigenvalue weighted by Gasteiger charge is 2.53. The Kier molecular flexibility index (Phi) is 3.25. The van der Waals surface area contributed by atoms with E-state index in [1.54, 1.807) is 0 Å². The average molecular weight is 336 g/mol. The quantitative estimate of drug-likeness (QED) is 0.746. The normalized spacial score (nSPS) is 22.3. The molecule has 0 unspecified atom stereocenters. The van der Waals surface area contributed by atoms with Crippen LogP contribution in [0.2, 0.25) is 13.1 Å². The fourth-order valence-corrected chi connectivity index (χ4v) is 7.05. The standard InChI is InChI=1S/C20H25BO2Si/c1-19(2)20(3,4)23-21(22-19)15-11-9-13-17-18(15)14-10-7-8-12-16(14)24(17,5)6/h7-13H,1-6H3. The lowest BCUT2D eigenvalue weighted by atomic mass is 9.74. The van der Waals surface area contributed by atoms with E-state index in [2.05, 4.69) is 83.3 Å². The Morgan fingerprint density at radius 2 is 1.38 bits per heavy atom. The smallest absolute Gasteiger partial charge is 0.399 e. The van der Waals surface area contributed by atoms with Gasteiger partial charge in [-0.25, -0.2) is 0 Å². The molecule has 2 aromatic rings. The van der Waals surface area contributed by atoms with Crippen LogP contribution in [0.1, 0.15) is 27.7 Å². The first-order valence-electron chi connectivity index (χ1n) is 8.74. The molecule has 0 amide bonds. The molecule has 0 aromatic heterocycles. The first-order valence-corrected chi connectivity index (χ1v) is 11.7. The van der Waals surface area contributed by atoms with E-state index in [1.165, 1.54) is 27.0 Å². The molecule has 2 aliphatic rings. The van der Waals surface area contributed by atoms with Crippen molar-refractivity contribution in [2.45, 2.75) is 52.0 Å². The van der Waals surface area contributed by atoms with E-state index in [9.17, 15) is 0 Å². The van der Waals surface area contributed by atoms with Gasteiger partial charge in [0.2, 0.25) is 0 Å². The summed E-state index contributed by atoms with van der Waals surface area (Å²) < 4.78 is 12.7. The van der Waals surface area contributed by atoms with Crippen LogP contribution in [0.3, 0.4) is 0 Å². The fraction of sp³-hybridized carbons (Fsp3) is 0.400. The highest BCUT2D eigenvalue weighted by Crippen LogP contribution is 2.38. The Hall–Kier alpha value is -1.36. The third-order valence-corrected chi connectivity index (χ3v) is 9.69. The Bertz CT molecular complexity index is 810. The molecule has 0 radical (unpaired) electrons. The lowest BCUT2D eigenvalue weighted by molar-refractivity contribution is 0.00578. The number of benzene rings is 2. The van der Waals surface area contributed by atoms with Crippen molar-refractivity contribution in [3.8, 4) is 11.1 Å². The summed E-state index contributed by atoms with van der Waals surface area (Å²) in [5.74, 6) is 0. The Balaban J connectivity index is 1.90. The number of rotatable bonds is 1. The first kappa shape index (κ1) is 16.1. The Labute approximate surface area is 146 Å². The lowest BCUT2D eigenvalue weighted by Crippen LogP contribution is -2.50. The molecule has 2 aromatic carbocycles. The predicted octanol–water partition coefficient (Wildman–Crippen LogP) is 2.79. The van der Waals surface area contributed by atoms with Crippen molar-refractivity contribution in [1.82, 2.24) is 0 Å². The van der Waals surface area contributed by atoms with Crippen LogP contribution in [0.15, 0.2) is 42.5 Å². The van der Waals surface area contributed by atoms with Gasteiger partial charge in [0.15, 0.2) is 0 Å². The van der Waals surface area contributed by atoms with Crippen molar-refractivity contribution in [3.63, 3.8) is 0 Å². The third kappa shape index (κ3) is 2.03. The maximum absolute atomic E-state index is 6.35. The average Bonchev–Trinajstić information content (AvgIpc) is 2.88. The van der Waals surface area contributed by atoms with Gasteiger partial charge in [0.05, 0.1) is 11.2 Å². The SMILES string of the molecule is CC1(C)OB(c2cccc3c2-c2ccccc2[Si]3(C)C)OC1(C)C. The second kappa shape index (κ2) is 4.84. The summed E-state index contributed by atoms with van der Waals surface area (Å²) in [6, 6.07) is 15.5. The van der Waals surface area contributed by atoms with Crippen molar-refractivity contribution in [3.05, 3.63) is 42.5 Å². The summed E-state index contributed by atoms with van der Waals surface area (Å²) in [6.45, 7) is 13.3. The second-order valence-corrected chi connectivity index (χ2v) is 12.9. The Morgan fingerprint density at radius 3 is 2.04 bits per heavy atom. The third-order valence-electron chi connectivity index (χ3n) is 6.15. The van der Waals surface area contributed by atoms with E-state index >= 15 is 0 Å². The predicted molar refractivity (Wildman–Crippen MR) is 104 cm³/mol. The molecule has 1 saturated heterocycles. The van der Waals surface area contributed by atoms with Gasteiger partial charge in [-0.2, -0.15) is 0 Å². The largest absolute Gasteiger partial charge is 0.495 e. The second-order valence-electron chi connectivity index (χ2n) is 8.53. The molecule has 24 heavy (non-hydrogen) atoms. The zero-order chi connectivity index (χ0) is 17.3. The molecule has 1 fully saturated rings. The topological polar surface area (TPSA) is 18.5 Å². The zero-order valence-corrected chi connectivity index (χ0v) is 16.4. The van der Waals surface area contributed by atoms with Crippen LogP contribution in [-0.2, 0) is 9.31 Å². The van der Waals surface area contributed by atoms with Gasteiger partial charge in [0, 0.05) is 0 Å². The molecule has 0 spiro atoms. The Morgan fingerprint density at radius 1 is 0.792 bits per heavy atom. The molecule has 0 aliphatic carbocycles. The van der Waals surface area contributed by atoms with E-state index in [0.717, 1.165) is 0 Å². The minimum Gasteiger partial charge on any atom is -0.399 e. The highest BCUT2D eigenvalue weighted by molar-refractivity contribution is 7.04.